The molecule has 0 aromatic rings. The van der Waals surface area contributed by atoms with Crippen LogP contribution in [-0.2, 0) is 65.4 Å². The molecule has 0 aliphatic heterocycles. The summed E-state index contributed by atoms with van der Waals surface area (Å²) in [5.41, 5.74) is 0. The summed E-state index contributed by atoms with van der Waals surface area (Å²) >= 11 is 0. The fourth-order valence-corrected chi connectivity index (χ4v) is 13.9. The molecule has 0 spiro atoms. The number of hydrogen-bond acceptors (Lipinski definition) is 15. The highest BCUT2D eigenvalue weighted by molar-refractivity contribution is 7.47. The van der Waals surface area contributed by atoms with Crippen molar-refractivity contribution in [3.05, 3.63) is 0 Å². The molecule has 2 unspecified atom stereocenters. The van der Waals surface area contributed by atoms with Crippen molar-refractivity contribution >= 4 is 39.5 Å². The van der Waals surface area contributed by atoms with Crippen LogP contribution in [0.5, 0.6) is 0 Å². The van der Waals surface area contributed by atoms with E-state index in [-0.39, 0.29) is 25.7 Å². The Morgan fingerprint density at radius 1 is 0.273 bits per heavy atom. The van der Waals surface area contributed by atoms with Crippen LogP contribution in [0.2, 0.25) is 0 Å². The van der Waals surface area contributed by atoms with E-state index < -0.39 is 97.5 Å². The molecule has 588 valence electrons. The fraction of sp³-hybridized carbons (Fsp3) is 0.950. The number of hydrogen-bond donors (Lipinski definition) is 3. The van der Waals surface area contributed by atoms with E-state index in [0.29, 0.717) is 25.7 Å². The molecule has 0 rings (SSSR count). The number of carbonyl (C=O) groups is 4. The summed E-state index contributed by atoms with van der Waals surface area (Å²) < 4.78 is 68.6. The van der Waals surface area contributed by atoms with Gasteiger partial charge in [-0.3, -0.25) is 37.3 Å². The Hall–Kier alpha value is -1.94. The van der Waals surface area contributed by atoms with Crippen LogP contribution < -0.4 is 0 Å². The van der Waals surface area contributed by atoms with Crippen molar-refractivity contribution in [3.8, 4) is 0 Å². The standard InChI is InChI=1S/C80H156O17P2/c1-8-9-10-11-12-30-40-47-54-61-77(82)90-67-75(96-80(85)64-57-50-43-36-29-23-26-33-39-46-53-60-73(6)7)69-94-98(86,87)92-65-74(81)66-93-99(88,89)95-70-76(68-91-78(83)62-55-48-41-34-27-21-18-17-20-25-32-38-45-52-59-72(4)5)97-79(84)63-56-49-42-35-28-22-16-14-13-15-19-24-31-37-44-51-58-71(2)3/h71-76,81H,8-70H2,1-7H3,(H,86,87)(H,88,89)/t74-,75+,76+/m0/s1. The molecule has 3 N–H and O–H groups in total. The average Bonchev–Trinajstić information content (AvgIpc) is 1.09. The van der Waals surface area contributed by atoms with Gasteiger partial charge in [-0.05, 0) is 43.4 Å². The highest BCUT2D eigenvalue weighted by atomic mass is 31.2. The monoisotopic (exact) mass is 1450 g/mol. The average molecular weight is 1450 g/mol. The zero-order valence-corrected chi connectivity index (χ0v) is 66.8. The lowest BCUT2D eigenvalue weighted by atomic mass is 10.0. The molecule has 99 heavy (non-hydrogen) atoms. The number of ether oxygens (including phenoxy) is 4. The molecule has 0 saturated heterocycles. The Kier molecular flexibility index (Phi) is 69.0. The Balaban J connectivity index is 5.23. The zero-order chi connectivity index (χ0) is 73.0. The molecule has 5 atom stereocenters. The lowest BCUT2D eigenvalue weighted by Crippen LogP contribution is -2.30. The maximum Gasteiger partial charge on any atom is 0.472 e. The van der Waals surface area contributed by atoms with Gasteiger partial charge in [0, 0.05) is 25.7 Å². The summed E-state index contributed by atoms with van der Waals surface area (Å²) in [4.78, 5) is 72.9. The molecule has 0 aliphatic carbocycles. The molecular formula is C80H156O17P2. The fourth-order valence-electron chi connectivity index (χ4n) is 12.3. The van der Waals surface area contributed by atoms with E-state index in [9.17, 15) is 43.2 Å². The van der Waals surface area contributed by atoms with Crippen LogP contribution in [0.25, 0.3) is 0 Å². The number of unbranched alkanes of at least 4 members (excludes halogenated alkanes) is 46. The van der Waals surface area contributed by atoms with Crippen LogP contribution in [0.3, 0.4) is 0 Å². The third-order valence-electron chi connectivity index (χ3n) is 18.6. The van der Waals surface area contributed by atoms with Gasteiger partial charge in [-0.15, -0.1) is 0 Å². The van der Waals surface area contributed by atoms with Crippen LogP contribution in [0.15, 0.2) is 0 Å². The summed E-state index contributed by atoms with van der Waals surface area (Å²) in [6.45, 7) is 12.0. The van der Waals surface area contributed by atoms with Crippen molar-refractivity contribution < 1.29 is 80.2 Å². The van der Waals surface area contributed by atoms with Gasteiger partial charge in [0.1, 0.15) is 19.3 Å². The highest BCUT2D eigenvalue weighted by Gasteiger charge is 2.30. The predicted octanol–water partition coefficient (Wildman–Crippen LogP) is 23.7. The summed E-state index contributed by atoms with van der Waals surface area (Å²) in [7, 11) is -9.92. The van der Waals surface area contributed by atoms with E-state index >= 15 is 0 Å². The molecule has 19 heteroatoms. The first kappa shape index (κ1) is 97.1. The lowest BCUT2D eigenvalue weighted by Gasteiger charge is -2.21. The summed E-state index contributed by atoms with van der Waals surface area (Å²) in [5, 5.41) is 10.6. The van der Waals surface area contributed by atoms with Crippen LogP contribution >= 0.6 is 15.6 Å². The zero-order valence-electron chi connectivity index (χ0n) is 65.0. The van der Waals surface area contributed by atoms with E-state index in [1.54, 1.807) is 0 Å². The number of aliphatic hydroxyl groups excluding tert-OH is 1. The second kappa shape index (κ2) is 70.4. The lowest BCUT2D eigenvalue weighted by molar-refractivity contribution is -0.161. The highest BCUT2D eigenvalue weighted by Crippen LogP contribution is 2.45. The van der Waals surface area contributed by atoms with Crippen molar-refractivity contribution in [1.29, 1.82) is 0 Å². The minimum atomic E-state index is -4.96. The summed E-state index contributed by atoms with van der Waals surface area (Å²) in [6, 6.07) is 0. The van der Waals surface area contributed by atoms with Gasteiger partial charge in [0.2, 0.25) is 0 Å². The van der Waals surface area contributed by atoms with E-state index in [1.165, 1.54) is 225 Å². The van der Waals surface area contributed by atoms with Gasteiger partial charge in [-0.2, -0.15) is 0 Å². The Morgan fingerprint density at radius 3 is 0.687 bits per heavy atom. The van der Waals surface area contributed by atoms with E-state index in [2.05, 4.69) is 48.5 Å². The van der Waals surface area contributed by atoms with Crippen molar-refractivity contribution in [3.63, 3.8) is 0 Å². The maximum absolute atomic E-state index is 13.1. The van der Waals surface area contributed by atoms with Crippen molar-refractivity contribution in [2.45, 2.75) is 433 Å². The third kappa shape index (κ3) is 74.1. The topological polar surface area (TPSA) is 237 Å². The second-order valence-electron chi connectivity index (χ2n) is 30.2. The quantitative estimate of drug-likeness (QED) is 0.0222. The van der Waals surface area contributed by atoms with Gasteiger partial charge < -0.3 is 33.8 Å². The molecule has 17 nitrogen and oxygen atoms in total. The Labute approximate surface area is 607 Å². The molecule has 0 heterocycles. The van der Waals surface area contributed by atoms with Gasteiger partial charge in [-0.1, -0.05) is 363 Å². The summed E-state index contributed by atoms with van der Waals surface area (Å²) in [6.07, 6.45) is 58.2. The smallest absolute Gasteiger partial charge is 0.462 e. The van der Waals surface area contributed by atoms with E-state index in [0.717, 1.165) is 108 Å². The first-order valence-corrected chi connectivity index (χ1v) is 44.3. The van der Waals surface area contributed by atoms with Crippen LogP contribution in [0.4, 0.5) is 0 Å². The SMILES string of the molecule is CCCCCCCCCCCC(=O)OC[C@H](COP(=O)(O)OC[C@H](O)COP(=O)(O)OC[C@@H](COC(=O)CCCCCCCCCCCCCCCCC(C)C)OC(=O)CCCCCCCCCCCCCCCCCCC(C)C)OC(=O)CCCCCCCCCCCCCC(C)C. The van der Waals surface area contributed by atoms with Gasteiger partial charge >= 0.3 is 39.5 Å². The number of rotatable bonds is 78. The van der Waals surface area contributed by atoms with Crippen molar-refractivity contribution in [2.24, 2.45) is 17.8 Å². The molecule has 0 fully saturated rings. The Morgan fingerprint density at radius 2 is 0.465 bits per heavy atom. The van der Waals surface area contributed by atoms with E-state index in [1.807, 2.05) is 0 Å². The van der Waals surface area contributed by atoms with Crippen LogP contribution in [-0.4, -0.2) is 96.7 Å². The molecule has 0 bridgehead atoms. The van der Waals surface area contributed by atoms with Gasteiger partial charge in [0.25, 0.3) is 0 Å². The maximum atomic E-state index is 13.1. The third-order valence-corrected chi connectivity index (χ3v) is 20.5. The minimum Gasteiger partial charge on any atom is -0.462 e. The first-order valence-electron chi connectivity index (χ1n) is 41.3. The number of aliphatic hydroxyl groups is 1. The molecule has 0 saturated carbocycles. The molecule has 0 aromatic carbocycles. The molecule has 0 amide bonds. The predicted molar refractivity (Wildman–Crippen MR) is 405 cm³/mol. The van der Waals surface area contributed by atoms with Crippen molar-refractivity contribution in [1.82, 2.24) is 0 Å². The van der Waals surface area contributed by atoms with Gasteiger partial charge in [-0.25, -0.2) is 9.13 Å². The van der Waals surface area contributed by atoms with Crippen LogP contribution in [0.1, 0.15) is 414 Å². The number of esters is 4. The largest absolute Gasteiger partial charge is 0.472 e. The molecule has 0 radical (unpaired) electrons. The number of phosphoric ester groups is 2. The molecular weight excluding hydrogens is 1290 g/mol. The van der Waals surface area contributed by atoms with Crippen molar-refractivity contribution in [2.75, 3.05) is 39.6 Å². The van der Waals surface area contributed by atoms with Crippen LogP contribution in [0, 0.1) is 17.8 Å². The van der Waals surface area contributed by atoms with Gasteiger partial charge in [0.15, 0.2) is 12.2 Å². The second-order valence-corrected chi connectivity index (χ2v) is 33.1. The molecule has 0 aromatic heterocycles. The first-order chi connectivity index (χ1) is 47.7. The number of carbonyl (C=O) groups excluding carboxylic acids is 4. The summed E-state index contributed by atoms with van der Waals surface area (Å²) in [5.74, 6) is 0.261. The normalized spacial score (nSPS) is 14.0. The molecule has 0 aliphatic rings. The minimum absolute atomic E-state index is 0.106. The van der Waals surface area contributed by atoms with Gasteiger partial charge in [0.05, 0.1) is 26.4 Å². The van der Waals surface area contributed by atoms with E-state index in [4.69, 9.17) is 37.0 Å². The number of phosphoric acid groups is 2. The Bertz CT molecular complexity index is 1920.